The summed E-state index contributed by atoms with van der Waals surface area (Å²) in [5.41, 5.74) is 0.0865. The van der Waals surface area contributed by atoms with Gasteiger partial charge in [0, 0.05) is 11.1 Å². The van der Waals surface area contributed by atoms with Crippen molar-refractivity contribution in [3.63, 3.8) is 0 Å². The van der Waals surface area contributed by atoms with Crippen LogP contribution in [0.5, 0.6) is 0 Å². The first kappa shape index (κ1) is 17.7. The molecule has 0 amide bonds. The molecular formula is C20H19F3O2. The van der Waals surface area contributed by atoms with Crippen LogP contribution in [0.15, 0.2) is 49.1 Å². The third kappa shape index (κ3) is 3.48. The van der Waals surface area contributed by atoms with Crippen molar-refractivity contribution in [3.8, 4) is 11.1 Å². The summed E-state index contributed by atoms with van der Waals surface area (Å²) >= 11 is 0. The van der Waals surface area contributed by atoms with Crippen LogP contribution in [0.1, 0.15) is 24.3 Å². The number of hydrogen-bond donors (Lipinski definition) is 0. The number of rotatable bonds is 4. The van der Waals surface area contributed by atoms with Crippen molar-refractivity contribution < 1.29 is 22.6 Å². The van der Waals surface area contributed by atoms with E-state index in [-0.39, 0.29) is 18.8 Å². The summed E-state index contributed by atoms with van der Waals surface area (Å²) in [4.78, 5) is 0. The zero-order chi connectivity index (χ0) is 18.0. The van der Waals surface area contributed by atoms with Crippen LogP contribution in [-0.4, -0.2) is 18.9 Å². The molecule has 5 heteroatoms. The van der Waals surface area contributed by atoms with E-state index >= 15 is 0 Å². The second-order valence-electron chi connectivity index (χ2n) is 6.07. The lowest BCUT2D eigenvalue weighted by Gasteiger charge is -2.32. The Labute approximate surface area is 144 Å². The minimum atomic E-state index is -1.68. The number of hydrogen-bond acceptors (Lipinski definition) is 2. The van der Waals surface area contributed by atoms with E-state index in [1.54, 1.807) is 43.3 Å². The highest BCUT2D eigenvalue weighted by Gasteiger charge is 2.34. The van der Waals surface area contributed by atoms with Crippen molar-refractivity contribution in [2.45, 2.75) is 25.3 Å². The molecule has 1 saturated heterocycles. The monoisotopic (exact) mass is 348 g/mol. The minimum absolute atomic E-state index is 0.138. The Balaban J connectivity index is 1.80. The maximum absolute atomic E-state index is 14.2. The Kier molecular flexibility index (Phi) is 4.97. The first-order valence-electron chi connectivity index (χ1n) is 8.10. The maximum atomic E-state index is 14.2. The van der Waals surface area contributed by atoms with E-state index in [9.17, 15) is 13.2 Å². The fraction of sp³-hybridized carbons (Fsp3) is 0.300. The molecule has 0 unspecified atom stereocenters. The fourth-order valence-electron chi connectivity index (χ4n) is 2.73. The van der Waals surface area contributed by atoms with Gasteiger partial charge in [-0.05, 0) is 17.5 Å². The Morgan fingerprint density at radius 1 is 1.08 bits per heavy atom. The lowest BCUT2D eigenvalue weighted by molar-refractivity contribution is -0.226. The molecule has 1 aliphatic heterocycles. The van der Waals surface area contributed by atoms with Crippen molar-refractivity contribution in [2.75, 3.05) is 13.2 Å². The number of halogens is 3. The summed E-state index contributed by atoms with van der Waals surface area (Å²) in [7, 11) is 0. The first-order valence-corrected chi connectivity index (χ1v) is 8.10. The number of benzene rings is 2. The smallest absolute Gasteiger partial charge is 0.184 e. The fourth-order valence-corrected chi connectivity index (χ4v) is 2.73. The molecular weight excluding hydrogens is 329 g/mol. The molecule has 0 saturated carbocycles. The predicted octanol–water partition coefficient (Wildman–Crippen LogP) is 5.13. The maximum Gasteiger partial charge on any atom is 0.184 e. The second kappa shape index (κ2) is 7.02. The third-order valence-corrected chi connectivity index (χ3v) is 4.35. The average Bonchev–Trinajstić information content (AvgIpc) is 2.65. The minimum Gasteiger partial charge on any atom is -0.345 e. The van der Waals surface area contributed by atoms with Crippen molar-refractivity contribution in [1.29, 1.82) is 0 Å². The summed E-state index contributed by atoms with van der Waals surface area (Å²) in [6.07, 6.45) is 0.907. The molecule has 0 N–H and O–H groups in total. The molecule has 0 spiro atoms. The van der Waals surface area contributed by atoms with Gasteiger partial charge < -0.3 is 9.47 Å². The zero-order valence-electron chi connectivity index (χ0n) is 13.9. The molecule has 3 rings (SSSR count). The molecule has 132 valence electrons. The van der Waals surface area contributed by atoms with Gasteiger partial charge in [0.05, 0.1) is 13.2 Å². The summed E-state index contributed by atoms with van der Waals surface area (Å²) in [5.74, 6) is -1.67. The van der Waals surface area contributed by atoms with Gasteiger partial charge in [-0.3, -0.25) is 0 Å². The first-order chi connectivity index (χ1) is 12.0. The molecule has 1 heterocycles. The van der Waals surface area contributed by atoms with Gasteiger partial charge in [-0.15, -0.1) is 0 Å². The summed E-state index contributed by atoms with van der Waals surface area (Å²) in [6, 6.07) is 9.88. The lowest BCUT2D eigenvalue weighted by Crippen LogP contribution is -2.39. The SMILES string of the molecule is C=CC1(F)COC(c2ccc(-c3ccc(CC)c(F)c3F)cc2)OC1. The molecule has 1 fully saturated rings. The van der Waals surface area contributed by atoms with E-state index in [2.05, 4.69) is 6.58 Å². The van der Waals surface area contributed by atoms with Crippen molar-refractivity contribution >= 4 is 0 Å². The normalized spacial score (nSPS) is 23.4. The average molecular weight is 348 g/mol. The topological polar surface area (TPSA) is 18.5 Å². The lowest BCUT2D eigenvalue weighted by atomic mass is 10.00. The van der Waals surface area contributed by atoms with Gasteiger partial charge in [0.15, 0.2) is 23.6 Å². The van der Waals surface area contributed by atoms with Crippen LogP contribution < -0.4 is 0 Å². The van der Waals surface area contributed by atoms with Gasteiger partial charge in [-0.1, -0.05) is 56.0 Å². The van der Waals surface area contributed by atoms with Gasteiger partial charge in [0.1, 0.15) is 0 Å². The highest BCUT2D eigenvalue weighted by atomic mass is 19.2. The highest BCUT2D eigenvalue weighted by molar-refractivity contribution is 5.65. The molecule has 25 heavy (non-hydrogen) atoms. The molecule has 1 aliphatic rings. The molecule has 2 nitrogen and oxygen atoms in total. The molecule has 0 bridgehead atoms. The van der Waals surface area contributed by atoms with Crippen molar-refractivity contribution in [2.24, 2.45) is 0 Å². The molecule has 0 aliphatic carbocycles. The third-order valence-electron chi connectivity index (χ3n) is 4.35. The number of alkyl halides is 1. The van der Waals surface area contributed by atoms with Gasteiger partial charge in [0.25, 0.3) is 0 Å². The van der Waals surface area contributed by atoms with E-state index < -0.39 is 23.6 Å². The van der Waals surface area contributed by atoms with E-state index in [1.165, 1.54) is 6.08 Å². The summed E-state index contributed by atoms with van der Waals surface area (Å²) < 4.78 is 53.0. The van der Waals surface area contributed by atoms with Crippen LogP contribution in [0.25, 0.3) is 11.1 Å². The Hall–Kier alpha value is -2.11. The van der Waals surface area contributed by atoms with Crippen molar-refractivity contribution in [3.05, 3.63) is 71.8 Å². The highest BCUT2D eigenvalue weighted by Crippen LogP contribution is 2.32. The van der Waals surface area contributed by atoms with Crippen molar-refractivity contribution in [1.82, 2.24) is 0 Å². The summed E-state index contributed by atoms with van der Waals surface area (Å²) in [6.45, 7) is 4.92. The molecule has 0 radical (unpaired) electrons. The quantitative estimate of drug-likeness (QED) is 0.713. The van der Waals surface area contributed by atoms with Gasteiger partial charge in [0.2, 0.25) is 0 Å². The molecule has 0 atom stereocenters. The van der Waals surface area contributed by atoms with Crippen LogP contribution in [0.4, 0.5) is 13.2 Å². The van der Waals surface area contributed by atoms with Crippen LogP contribution in [0.2, 0.25) is 0 Å². The molecule has 2 aromatic carbocycles. The summed E-state index contributed by atoms with van der Waals surface area (Å²) in [5, 5.41) is 0. The van der Waals surface area contributed by atoms with Crippen LogP contribution in [0.3, 0.4) is 0 Å². The van der Waals surface area contributed by atoms with Gasteiger partial charge >= 0.3 is 0 Å². The predicted molar refractivity (Wildman–Crippen MR) is 89.9 cm³/mol. The van der Waals surface area contributed by atoms with E-state index in [0.29, 0.717) is 23.1 Å². The molecule has 0 aromatic heterocycles. The van der Waals surface area contributed by atoms with Crippen LogP contribution in [0, 0.1) is 11.6 Å². The Morgan fingerprint density at radius 2 is 1.72 bits per heavy atom. The Morgan fingerprint density at radius 3 is 2.28 bits per heavy atom. The van der Waals surface area contributed by atoms with Gasteiger partial charge in [-0.2, -0.15) is 0 Å². The number of ether oxygens (including phenoxy) is 2. The van der Waals surface area contributed by atoms with Crippen LogP contribution in [-0.2, 0) is 15.9 Å². The zero-order valence-corrected chi connectivity index (χ0v) is 13.9. The Bertz CT molecular complexity index is 763. The second-order valence-corrected chi connectivity index (χ2v) is 6.07. The number of aryl methyl sites for hydroxylation is 1. The molecule has 2 aromatic rings. The van der Waals surface area contributed by atoms with E-state index in [4.69, 9.17) is 9.47 Å². The largest absolute Gasteiger partial charge is 0.345 e. The van der Waals surface area contributed by atoms with E-state index in [1.807, 2.05) is 0 Å². The van der Waals surface area contributed by atoms with E-state index in [0.717, 1.165) is 0 Å². The van der Waals surface area contributed by atoms with Gasteiger partial charge in [-0.25, -0.2) is 13.2 Å². The van der Waals surface area contributed by atoms with Crippen LogP contribution >= 0.6 is 0 Å². The standard InChI is InChI=1S/C20H19F3O2/c1-3-13-9-10-16(18(22)17(13)21)14-5-7-15(8-6-14)19-24-11-20(23,4-2)12-25-19/h4-10,19H,2-3,11-12H2,1H3.